The molecule has 2 N–H and O–H groups in total. The van der Waals surface area contributed by atoms with Gasteiger partial charge >= 0.3 is 103 Å². The first-order valence-corrected chi connectivity index (χ1v) is 32.3. The number of halogens is 6. The molecule has 0 saturated carbocycles. The van der Waals surface area contributed by atoms with E-state index in [9.17, 15) is 0 Å². The van der Waals surface area contributed by atoms with Gasteiger partial charge in [0.05, 0.1) is 36.8 Å². The molecule has 23 nitrogen and oxygen atoms in total. The standard InChI is InChI=1S/C11H14IN5.C9H21BrOSi.C7H6BrN5.C7H5BrN2.C7H6IN5.C7H5IN2.CH2O3.2K.H/c1-3-4-5-17-15-11(14-16-17)9-6-10(12)8(2)13-7-9;1-9(2,3)12(4,5)11-8-6-7-10;1-4-6(8)2-5(3-9-4)7-10-12-13-11-7;1-5-7(8)3-6(9-2)4-10-5;1-4-6(8)2-5(3-9-4)7-10-12-13-11-7;1-5-7(8)3-6(9-2)4-10-5;2-1-4-3;;;/h6-7H,3-5H2,1-2H3;6-8H2,1-5H3;2-3H,1H3,(H,10,11,12,13);3-4H,1H3;2-3H,1H3,(H,10,11,12,13);3-4H,1H3;1,3H;;;/q;;;;;;;2*+1;-1/p-1. The number of aryl methyl sites for hydroxylation is 6. The van der Waals surface area contributed by atoms with Crippen molar-refractivity contribution < 1.29 is 124 Å². The van der Waals surface area contributed by atoms with Crippen molar-refractivity contribution in [2.75, 3.05) is 11.9 Å². The van der Waals surface area contributed by atoms with Crippen LogP contribution in [0.2, 0.25) is 18.1 Å². The molecule has 8 heterocycles. The van der Waals surface area contributed by atoms with Crippen molar-refractivity contribution >= 4 is 142 Å². The van der Waals surface area contributed by atoms with Crippen LogP contribution >= 0.6 is 116 Å². The predicted molar refractivity (Wildman–Crippen MR) is 339 cm³/mol. The van der Waals surface area contributed by atoms with Crippen molar-refractivity contribution in [3.63, 3.8) is 0 Å². The number of hydrogen-bond acceptors (Lipinski definition) is 18. The normalized spacial score (nSPS) is 10.0. The predicted octanol–water partition coefficient (Wildman–Crippen LogP) is 6.55. The monoisotopic (exact) mass is 1700 g/mol. The van der Waals surface area contributed by atoms with E-state index >= 15 is 0 Å². The fourth-order valence-corrected chi connectivity index (χ4v) is 8.33. The van der Waals surface area contributed by atoms with E-state index in [0.717, 1.165) is 103 Å². The molecule has 0 aliphatic rings. The minimum Gasteiger partial charge on any atom is -1.00 e. The van der Waals surface area contributed by atoms with Gasteiger partial charge in [0.2, 0.25) is 28.8 Å². The quantitative estimate of drug-likeness (QED) is 0.0203. The first kappa shape index (κ1) is 79.4. The van der Waals surface area contributed by atoms with Crippen LogP contribution in [0.15, 0.2) is 70.3 Å². The molecule has 0 aliphatic heterocycles. The van der Waals surface area contributed by atoms with Gasteiger partial charge in [-0.15, -0.1) is 30.6 Å². The maximum Gasteiger partial charge on any atom is 1.00 e. The van der Waals surface area contributed by atoms with Gasteiger partial charge in [0.15, 0.2) is 8.32 Å². The molecular weight excluding hydrogens is 1650 g/mol. The van der Waals surface area contributed by atoms with E-state index in [1.165, 1.54) is 0 Å². The molecule has 0 fully saturated rings. The van der Waals surface area contributed by atoms with E-state index in [0.29, 0.717) is 33.9 Å². The molecule has 0 bridgehead atoms. The maximum atomic E-state index is 8.64. The van der Waals surface area contributed by atoms with Crippen molar-refractivity contribution in [1.29, 1.82) is 0 Å². The van der Waals surface area contributed by atoms with Gasteiger partial charge in [0.25, 0.3) is 6.47 Å². The Labute approximate surface area is 626 Å². The van der Waals surface area contributed by atoms with Gasteiger partial charge in [-0.3, -0.25) is 29.7 Å². The third-order valence-electron chi connectivity index (χ3n) is 10.6. The number of nitrogens with zero attached hydrogens (tertiary/aromatic N) is 17. The Kier molecular flexibility index (Phi) is 42.3. The number of tetrazole rings is 3. The van der Waals surface area contributed by atoms with Crippen LogP contribution in [0.3, 0.4) is 0 Å². The van der Waals surface area contributed by atoms with Crippen LogP contribution in [-0.2, 0) is 20.7 Å². The zero-order valence-electron chi connectivity index (χ0n) is 48.1. The molecule has 81 heavy (non-hydrogen) atoms. The Morgan fingerprint density at radius 1 is 0.691 bits per heavy atom. The molecule has 422 valence electrons. The second kappa shape index (κ2) is 43.1. The minimum absolute atomic E-state index is 0. The Morgan fingerprint density at radius 3 is 1.49 bits per heavy atom. The zero-order valence-corrected chi connectivity index (χ0v) is 65.6. The Morgan fingerprint density at radius 2 is 1.11 bits per heavy atom. The van der Waals surface area contributed by atoms with Gasteiger partial charge in [-0.2, -0.15) is 15.2 Å². The molecule has 0 unspecified atom stereocenters. The van der Waals surface area contributed by atoms with Gasteiger partial charge in [0.1, 0.15) is 0 Å². The average Bonchev–Trinajstić information content (AvgIpc) is 4.26. The van der Waals surface area contributed by atoms with Crippen molar-refractivity contribution in [3.05, 3.63) is 132 Å². The number of carbonyl (C=O) groups excluding carboxylic acids is 1. The van der Waals surface area contributed by atoms with E-state index in [4.69, 9.17) is 27.6 Å². The summed E-state index contributed by atoms with van der Waals surface area (Å²) in [5.41, 5.74) is 8.67. The van der Waals surface area contributed by atoms with Gasteiger partial charge in [0, 0.05) is 90.7 Å². The third kappa shape index (κ3) is 30.6. The van der Waals surface area contributed by atoms with Gasteiger partial charge in [-0.25, -0.2) is 9.69 Å². The fraction of sp³-hybridized carbons (Fsp3) is 0.367. The van der Waals surface area contributed by atoms with Gasteiger partial charge in [-0.1, -0.05) is 66.0 Å². The van der Waals surface area contributed by atoms with E-state index < -0.39 is 8.32 Å². The molecule has 32 heteroatoms. The number of aromatic nitrogens is 17. The SMILES string of the molecule is CC(C)(C)[Si](C)(C)OCCCBr.CCCCn1nnc(-c2cnc(C)c(I)c2)n1.Cc1ncc(-c2nn[nH]n2)cc1Br.Cc1ncc(-c2nn[nH]n2)cc1I.O=CO[O-].[C-]#[N+]c1cnc(C)c(Br)c1.[C-]#[N+]c1cnc(C)c(I)c1.[H-].[K+].[K+]. The van der Waals surface area contributed by atoms with Gasteiger partial charge < -0.3 is 16.0 Å². The number of alkyl halides is 1. The number of carbonyl (C=O) groups is 1. The number of H-pyrrole nitrogens is 2. The second-order valence-electron chi connectivity index (χ2n) is 17.5. The zero-order chi connectivity index (χ0) is 59.1. The molecule has 0 aromatic carbocycles. The number of rotatable bonds is 11. The molecule has 0 aliphatic carbocycles. The molecular formula is C49H59Br3I3K2N19O4Si. The molecule has 0 radical (unpaired) electrons. The summed E-state index contributed by atoms with van der Waals surface area (Å²) >= 11 is 16.7. The minimum atomic E-state index is -1.46. The summed E-state index contributed by atoms with van der Waals surface area (Å²) in [4.78, 5) is 40.1. The maximum absolute atomic E-state index is 8.64. The summed E-state index contributed by atoms with van der Waals surface area (Å²) in [7, 11) is -1.46. The van der Waals surface area contributed by atoms with Crippen molar-refractivity contribution in [2.45, 2.75) is 106 Å². The Bertz CT molecular complexity index is 3060. The largest absolute Gasteiger partial charge is 1.00 e. The summed E-state index contributed by atoms with van der Waals surface area (Å²) in [5.74, 6) is 1.77. The fourth-order valence-electron chi connectivity index (χ4n) is 4.92. The summed E-state index contributed by atoms with van der Waals surface area (Å²) in [5, 5.41) is 49.4. The number of unbranched alkanes of at least 4 members (excludes halogenated alkanes) is 1. The van der Waals surface area contributed by atoms with Crippen molar-refractivity contribution in [2.24, 2.45) is 0 Å². The molecule has 0 saturated heterocycles. The molecule has 8 aromatic rings. The molecule has 0 spiro atoms. The van der Waals surface area contributed by atoms with E-state index in [1.807, 2.05) is 58.9 Å². The summed E-state index contributed by atoms with van der Waals surface area (Å²) in [6, 6.07) is 9.51. The van der Waals surface area contributed by atoms with Crippen LogP contribution in [0.5, 0.6) is 0 Å². The Balaban J connectivity index is 0. The van der Waals surface area contributed by atoms with Crippen LogP contribution in [0.1, 0.15) is 76.9 Å². The number of nitrogens with one attached hydrogen (secondary N) is 2. The molecule has 0 amide bonds. The summed E-state index contributed by atoms with van der Waals surface area (Å²) in [6.07, 6.45) is 11.7. The van der Waals surface area contributed by atoms with E-state index in [-0.39, 0.29) is 111 Å². The van der Waals surface area contributed by atoms with Crippen molar-refractivity contribution in [1.82, 2.24) is 86.4 Å². The van der Waals surface area contributed by atoms with Crippen LogP contribution < -0.4 is 108 Å². The van der Waals surface area contributed by atoms with Crippen molar-refractivity contribution in [3.8, 4) is 34.2 Å². The topological polar surface area (TPSA) is 284 Å². The molecule has 0 atom stereocenters. The summed E-state index contributed by atoms with van der Waals surface area (Å²) < 4.78 is 11.0. The Hall–Kier alpha value is -1.55. The number of hydrogen-bond donors (Lipinski definition) is 2. The van der Waals surface area contributed by atoms with Crippen LogP contribution in [0.25, 0.3) is 43.9 Å². The molecule has 8 aromatic heterocycles. The van der Waals surface area contributed by atoms with E-state index in [1.54, 1.807) is 41.8 Å². The van der Waals surface area contributed by atoms with Crippen LogP contribution in [0, 0.1) is 58.5 Å². The smallest absolute Gasteiger partial charge is 1.00 e. The van der Waals surface area contributed by atoms with E-state index in [2.05, 4.69) is 253 Å². The third-order valence-corrected chi connectivity index (χ3v) is 20.6. The summed E-state index contributed by atoms with van der Waals surface area (Å²) in [6.45, 7) is 38.1. The second-order valence-corrected chi connectivity index (χ2v) is 28.3. The van der Waals surface area contributed by atoms with Crippen LogP contribution in [-0.4, -0.2) is 113 Å². The first-order chi connectivity index (χ1) is 37.4. The number of aromatic amines is 2. The van der Waals surface area contributed by atoms with Gasteiger partial charge in [-0.05, 0) is 195 Å². The number of pyridine rings is 5. The average molecular weight is 1700 g/mol. The van der Waals surface area contributed by atoms with Crippen LogP contribution in [0.4, 0.5) is 11.4 Å². The first-order valence-electron chi connectivity index (χ1n) is 23.5. The molecule has 8 rings (SSSR count).